The Labute approximate surface area is 148 Å². The summed E-state index contributed by atoms with van der Waals surface area (Å²) in [7, 11) is 2.04. The van der Waals surface area contributed by atoms with E-state index in [1.165, 1.54) is 0 Å². The molecule has 1 saturated heterocycles. The van der Waals surface area contributed by atoms with Gasteiger partial charge in [0, 0.05) is 69.5 Å². The minimum absolute atomic E-state index is 0.228. The number of piperidine rings is 1. The number of carbonyl (C=O) groups is 1. The Morgan fingerprint density at radius 3 is 2.92 bits per heavy atom. The van der Waals surface area contributed by atoms with Crippen molar-refractivity contribution >= 4 is 5.91 Å². The number of hydrogen-bond acceptors (Lipinski definition) is 5. The molecular weight excluding hydrogens is 314 g/mol. The quantitative estimate of drug-likeness (QED) is 0.806. The zero-order valence-electron chi connectivity index (χ0n) is 14.7. The van der Waals surface area contributed by atoms with Gasteiger partial charge in [-0.2, -0.15) is 0 Å². The fourth-order valence-electron chi connectivity index (χ4n) is 3.29. The van der Waals surface area contributed by atoms with Crippen LogP contribution < -0.4 is 0 Å². The van der Waals surface area contributed by atoms with Gasteiger partial charge in [-0.05, 0) is 31.5 Å². The van der Waals surface area contributed by atoms with Crippen molar-refractivity contribution in [1.29, 1.82) is 0 Å². The summed E-state index contributed by atoms with van der Waals surface area (Å²) in [6.07, 6.45) is 11.5. The Hall–Kier alpha value is -2.34. The zero-order chi connectivity index (χ0) is 17.5. The molecule has 0 N–H and O–H groups in total. The number of pyridine rings is 1. The molecule has 0 aromatic carbocycles. The summed E-state index contributed by atoms with van der Waals surface area (Å²) >= 11 is 0. The maximum absolute atomic E-state index is 12.6. The third-order valence-corrected chi connectivity index (χ3v) is 4.66. The maximum Gasteiger partial charge on any atom is 0.223 e. The summed E-state index contributed by atoms with van der Waals surface area (Å²) < 4.78 is 0. The lowest BCUT2D eigenvalue weighted by Gasteiger charge is -2.32. The molecular formula is C19H25N5O. The smallest absolute Gasteiger partial charge is 0.223 e. The number of nitrogens with zero attached hydrogens (tertiary/aromatic N) is 5. The van der Waals surface area contributed by atoms with Crippen molar-refractivity contribution in [3.05, 3.63) is 54.4 Å². The van der Waals surface area contributed by atoms with Gasteiger partial charge in [-0.3, -0.25) is 19.7 Å². The molecule has 6 heteroatoms. The van der Waals surface area contributed by atoms with E-state index in [0.717, 1.165) is 50.3 Å². The molecule has 0 saturated carbocycles. The third kappa shape index (κ3) is 5.06. The first-order valence-electron chi connectivity index (χ1n) is 8.83. The molecule has 0 spiro atoms. The second-order valence-electron chi connectivity index (χ2n) is 6.66. The highest BCUT2D eigenvalue weighted by Crippen LogP contribution is 2.25. The van der Waals surface area contributed by atoms with Gasteiger partial charge in [-0.25, -0.2) is 0 Å². The Balaban J connectivity index is 1.47. The second kappa shape index (κ2) is 8.67. The fourth-order valence-corrected chi connectivity index (χ4v) is 3.29. The van der Waals surface area contributed by atoms with Crippen LogP contribution in [-0.4, -0.2) is 57.3 Å². The van der Waals surface area contributed by atoms with E-state index in [2.05, 4.69) is 25.9 Å². The number of aromatic nitrogens is 3. The number of likely N-dealkylation sites (tertiary alicyclic amines) is 1. The molecule has 0 radical (unpaired) electrons. The summed E-state index contributed by atoms with van der Waals surface area (Å²) in [5.74, 6) is 0.533. The van der Waals surface area contributed by atoms with Gasteiger partial charge < -0.3 is 9.80 Å². The molecule has 1 aliphatic heterocycles. The SMILES string of the molecule is CN(CCC(=O)N1CCC[C@H](c2cnccn2)C1)Cc1cccnc1. The molecule has 132 valence electrons. The van der Waals surface area contributed by atoms with Crippen LogP contribution in [0.4, 0.5) is 0 Å². The van der Waals surface area contributed by atoms with Crippen LogP contribution in [0.25, 0.3) is 0 Å². The maximum atomic E-state index is 12.6. The lowest BCUT2D eigenvalue weighted by molar-refractivity contribution is -0.132. The van der Waals surface area contributed by atoms with Gasteiger partial charge in [-0.1, -0.05) is 6.07 Å². The van der Waals surface area contributed by atoms with Crippen molar-refractivity contribution in [3.63, 3.8) is 0 Å². The highest BCUT2D eigenvalue weighted by Gasteiger charge is 2.25. The summed E-state index contributed by atoms with van der Waals surface area (Å²) in [5.41, 5.74) is 2.16. The monoisotopic (exact) mass is 339 g/mol. The van der Waals surface area contributed by atoms with Crippen molar-refractivity contribution in [1.82, 2.24) is 24.8 Å². The lowest BCUT2D eigenvalue weighted by atomic mass is 9.95. The van der Waals surface area contributed by atoms with E-state index in [1.807, 2.05) is 30.4 Å². The van der Waals surface area contributed by atoms with Crippen molar-refractivity contribution in [2.24, 2.45) is 0 Å². The molecule has 1 aliphatic rings. The fraction of sp³-hybridized carbons (Fsp3) is 0.474. The summed E-state index contributed by atoms with van der Waals surface area (Å²) in [6.45, 7) is 3.16. The van der Waals surface area contributed by atoms with Crippen molar-refractivity contribution in [2.45, 2.75) is 31.7 Å². The summed E-state index contributed by atoms with van der Waals surface area (Å²) in [4.78, 5) is 29.4. The van der Waals surface area contributed by atoms with Crippen LogP contribution in [0.1, 0.15) is 36.4 Å². The van der Waals surface area contributed by atoms with Gasteiger partial charge in [0.15, 0.2) is 0 Å². The highest BCUT2D eigenvalue weighted by molar-refractivity contribution is 5.76. The molecule has 6 nitrogen and oxygen atoms in total. The average molecular weight is 339 g/mol. The van der Waals surface area contributed by atoms with Gasteiger partial charge in [0.05, 0.1) is 5.69 Å². The first-order valence-corrected chi connectivity index (χ1v) is 8.83. The summed E-state index contributed by atoms with van der Waals surface area (Å²) in [6, 6.07) is 4.00. The molecule has 1 atom stereocenters. The van der Waals surface area contributed by atoms with E-state index in [9.17, 15) is 4.79 Å². The van der Waals surface area contributed by atoms with E-state index >= 15 is 0 Å². The van der Waals surface area contributed by atoms with Gasteiger partial charge in [-0.15, -0.1) is 0 Å². The molecule has 2 aromatic rings. The van der Waals surface area contributed by atoms with Crippen LogP contribution >= 0.6 is 0 Å². The van der Waals surface area contributed by atoms with Crippen LogP contribution in [0.3, 0.4) is 0 Å². The van der Waals surface area contributed by atoms with Crippen molar-refractivity contribution < 1.29 is 4.79 Å². The molecule has 0 aliphatic carbocycles. The number of carbonyl (C=O) groups excluding carboxylic acids is 1. The van der Waals surface area contributed by atoms with Crippen LogP contribution in [-0.2, 0) is 11.3 Å². The van der Waals surface area contributed by atoms with Crippen LogP contribution in [0.15, 0.2) is 43.1 Å². The molecule has 0 bridgehead atoms. The number of rotatable bonds is 6. The highest BCUT2D eigenvalue weighted by atomic mass is 16.2. The minimum atomic E-state index is 0.228. The molecule has 0 unspecified atom stereocenters. The molecule has 3 heterocycles. The van der Waals surface area contributed by atoms with E-state index in [-0.39, 0.29) is 5.91 Å². The van der Waals surface area contributed by atoms with Crippen molar-refractivity contribution in [2.75, 3.05) is 26.7 Å². The van der Waals surface area contributed by atoms with E-state index < -0.39 is 0 Å². The Kier molecular flexibility index (Phi) is 6.06. The standard InChI is InChI=1S/C19H25N5O/c1-23(14-16-4-2-7-20-12-16)11-6-19(25)24-10-3-5-17(15-24)18-13-21-8-9-22-18/h2,4,7-9,12-13,17H,3,5-6,10-11,14-15H2,1H3/t17-/m0/s1. The lowest BCUT2D eigenvalue weighted by Crippen LogP contribution is -2.40. The topological polar surface area (TPSA) is 62.2 Å². The van der Waals surface area contributed by atoms with E-state index in [0.29, 0.717) is 12.3 Å². The predicted molar refractivity (Wildman–Crippen MR) is 95.8 cm³/mol. The van der Waals surface area contributed by atoms with Crippen molar-refractivity contribution in [3.8, 4) is 0 Å². The Morgan fingerprint density at radius 2 is 2.16 bits per heavy atom. The molecule has 25 heavy (non-hydrogen) atoms. The molecule has 1 fully saturated rings. The zero-order valence-corrected chi connectivity index (χ0v) is 14.7. The number of amides is 1. The van der Waals surface area contributed by atoms with E-state index in [1.54, 1.807) is 18.6 Å². The number of hydrogen-bond donors (Lipinski definition) is 0. The Bertz CT molecular complexity index is 664. The molecule has 1 amide bonds. The molecule has 2 aromatic heterocycles. The normalized spacial score (nSPS) is 17.7. The summed E-state index contributed by atoms with van der Waals surface area (Å²) in [5, 5.41) is 0. The van der Waals surface area contributed by atoms with Gasteiger partial charge in [0.2, 0.25) is 5.91 Å². The van der Waals surface area contributed by atoms with Gasteiger partial charge in [0.1, 0.15) is 0 Å². The van der Waals surface area contributed by atoms with Crippen LogP contribution in [0.5, 0.6) is 0 Å². The van der Waals surface area contributed by atoms with E-state index in [4.69, 9.17) is 0 Å². The predicted octanol–water partition coefficient (Wildman–Crippen LogP) is 2.10. The van der Waals surface area contributed by atoms with Crippen LogP contribution in [0, 0.1) is 0 Å². The third-order valence-electron chi connectivity index (χ3n) is 4.66. The minimum Gasteiger partial charge on any atom is -0.342 e. The first-order chi connectivity index (χ1) is 12.2. The molecule has 3 rings (SSSR count). The van der Waals surface area contributed by atoms with Gasteiger partial charge >= 0.3 is 0 Å². The second-order valence-corrected chi connectivity index (χ2v) is 6.66. The van der Waals surface area contributed by atoms with Crippen LogP contribution in [0.2, 0.25) is 0 Å². The Morgan fingerprint density at radius 1 is 1.28 bits per heavy atom. The average Bonchev–Trinajstić information content (AvgIpc) is 2.68. The first kappa shape index (κ1) is 17.5. The largest absolute Gasteiger partial charge is 0.342 e. The van der Waals surface area contributed by atoms with Gasteiger partial charge in [0.25, 0.3) is 0 Å².